The maximum Gasteiger partial charge on any atom is 0.238 e. The molecule has 0 saturated heterocycles. The number of nitrogens with zero attached hydrogens (tertiary/aromatic N) is 2. The van der Waals surface area contributed by atoms with Gasteiger partial charge in [0.15, 0.2) is 0 Å². The lowest BCUT2D eigenvalue weighted by molar-refractivity contribution is 0.449. The number of benzene rings is 1. The molecule has 1 aromatic heterocycles. The fourth-order valence-corrected chi connectivity index (χ4v) is 1.92. The van der Waals surface area contributed by atoms with E-state index in [-0.39, 0.29) is 0 Å². The van der Waals surface area contributed by atoms with Crippen molar-refractivity contribution in [2.75, 3.05) is 6.54 Å². The molecule has 1 N–H and O–H groups in total. The van der Waals surface area contributed by atoms with E-state index in [2.05, 4.69) is 35.4 Å². The summed E-state index contributed by atoms with van der Waals surface area (Å²) in [5, 5.41) is 11.7. The number of nitrogens with one attached hydrogen (secondary N) is 1. The highest BCUT2D eigenvalue weighted by atomic mass is 16.5. The third kappa shape index (κ3) is 4.83. The quantitative estimate of drug-likeness (QED) is 0.880. The fraction of sp³-hybridized carbons (Fsp3) is 0.412. The number of ether oxygens (including phenoxy) is 1. The summed E-state index contributed by atoms with van der Waals surface area (Å²) in [5.74, 6) is 1.98. The Bertz CT molecular complexity index is 579. The Morgan fingerprint density at radius 2 is 1.90 bits per heavy atom. The van der Waals surface area contributed by atoms with Crippen molar-refractivity contribution in [1.29, 1.82) is 0 Å². The van der Waals surface area contributed by atoms with E-state index < -0.39 is 0 Å². The largest absolute Gasteiger partial charge is 0.437 e. The highest BCUT2D eigenvalue weighted by Crippen LogP contribution is 2.24. The van der Waals surface area contributed by atoms with Gasteiger partial charge in [-0.2, -0.15) is 5.10 Å². The van der Waals surface area contributed by atoms with Crippen LogP contribution >= 0.6 is 0 Å². The van der Waals surface area contributed by atoms with Gasteiger partial charge in [0, 0.05) is 12.6 Å². The van der Waals surface area contributed by atoms with Gasteiger partial charge in [-0.05, 0) is 49.6 Å². The smallest absolute Gasteiger partial charge is 0.238 e. The Morgan fingerprint density at radius 1 is 1.10 bits per heavy atom. The van der Waals surface area contributed by atoms with Crippen LogP contribution in [0.1, 0.15) is 30.7 Å². The van der Waals surface area contributed by atoms with Gasteiger partial charge in [-0.1, -0.05) is 26.0 Å². The second-order valence-corrected chi connectivity index (χ2v) is 5.76. The Labute approximate surface area is 126 Å². The van der Waals surface area contributed by atoms with Crippen molar-refractivity contribution in [3.05, 3.63) is 47.2 Å². The number of hydrogen-bond acceptors (Lipinski definition) is 4. The predicted octanol–water partition coefficient (Wildman–Crippen LogP) is 3.63. The van der Waals surface area contributed by atoms with Crippen molar-refractivity contribution in [2.24, 2.45) is 5.92 Å². The SMILES string of the molecule is Cc1ccc(C)c(Oc2ccc(CNCC(C)C)nn2)c1. The molecular weight excluding hydrogens is 262 g/mol. The summed E-state index contributed by atoms with van der Waals surface area (Å²) >= 11 is 0. The minimum absolute atomic E-state index is 0.524. The lowest BCUT2D eigenvalue weighted by atomic mass is 10.1. The third-order valence-corrected chi connectivity index (χ3v) is 3.11. The first-order valence-electron chi connectivity index (χ1n) is 7.33. The average Bonchev–Trinajstić information content (AvgIpc) is 2.44. The van der Waals surface area contributed by atoms with Crippen LogP contribution in [0.5, 0.6) is 11.6 Å². The van der Waals surface area contributed by atoms with Crippen LogP contribution in [0.4, 0.5) is 0 Å². The third-order valence-electron chi connectivity index (χ3n) is 3.11. The second kappa shape index (κ2) is 7.18. The summed E-state index contributed by atoms with van der Waals surface area (Å²) in [7, 11) is 0. The monoisotopic (exact) mass is 285 g/mol. The molecule has 0 aliphatic rings. The van der Waals surface area contributed by atoms with Gasteiger partial charge in [0.05, 0.1) is 5.69 Å². The Balaban J connectivity index is 1.97. The van der Waals surface area contributed by atoms with Crippen LogP contribution in [0.2, 0.25) is 0 Å². The zero-order valence-electron chi connectivity index (χ0n) is 13.2. The first-order valence-corrected chi connectivity index (χ1v) is 7.33. The zero-order valence-corrected chi connectivity index (χ0v) is 13.2. The maximum atomic E-state index is 5.79. The number of rotatable bonds is 6. The first-order chi connectivity index (χ1) is 10.0. The van der Waals surface area contributed by atoms with Crippen LogP contribution in [-0.2, 0) is 6.54 Å². The van der Waals surface area contributed by atoms with Crippen molar-refractivity contribution in [2.45, 2.75) is 34.2 Å². The first kappa shape index (κ1) is 15.4. The Morgan fingerprint density at radius 3 is 2.57 bits per heavy atom. The number of hydrogen-bond donors (Lipinski definition) is 1. The van der Waals surface area contributed by atoms with Gasteiger partial charge in [-0.25, -0.2) is 0 Å². The molecule has 0 bridgehead atoms. The summed E-state index contributed by atoms with van der Waals surface area (Å²) in [6, 6.07) is 9.93. The molecule has 2 aromatic rings. The molecule has 0 aliphatic carbocycles. The van der Waals surface area contributed by atoms with E-state index in [0.29, 0.717) is 11.8 Å². The van der Waals surface area contributed by atoms with Crippen molar-refractivity contribution in [3.63, 3.8) is 0 Å². The molecule has 0 spiro atoms. The summed E-state index contributed by atoms with van der Waals surface area (Å²) < 4.78 is 5.79. The summed E-state index contributed by atoms with van der Waals surface area (Å²) in [5.41, 5.74) is 3.17. The molecule has 0 aliphatic heterocycles. The van der Waals surface area contributed by atoms with Crippen LogP contribution in [0.25, 0.3) is 0 Å². The number of aromatic nitrogens is 2. The van der Waals surface area contributed by atoms with E-state index in [1.807, 2.05) is 38.1 Å². The molecule has 2 rings (SSSR count). The molecule has 1 aromatic carbocycles. The van der Waals surface area contributed by atoms with Gasteiger partial charge in [-0.3, -0.25) is 0 Å². The molecule has 4 nitrogen and oxygen atoms in total. The van der Waals surface area contributed by atoms with Crippen molar-refractivity contribution in [1.82, 2.24) is 15.5 Å². The van der Waals surface area contributed by atoms with Crippen LogP contribution < -0.4 is 10.1 Å². The maximum absolute atomic E-state index is 5.79. The van der Waals surface area contributed by atoms with E-state index in [0.717, 1.165) is 35.7 Å². The van der Waals surface area contributed by atoms with E-state index in [1.165, 1.54) is 0 Å². The van der Waals surface area contributed by atoms with Gasteiger partial charge in [0.25, 0.3) is 0 Å². The van der Waals surface area contributed by atoms with Gasteiger partial charge in [0.2, 0.25) is 5.88 Å². The Kier molecular flexibility index (Phi) is 5.28. The van der Waals surface area contributed by atoms with Gasteiger partial charge in [0.1, 0.15) is 5.75 Å². The van der Waals surface area contributed by atoms with Gasteiger partial charge in [-0.15, -0.1) is 5.10 Å². The normalized spacial score (nSPS) is 10.9. The summed E-state index contributed by atoms with van der Waals surface area (Å²) in [4.78, 5) is 0. The van der Waals surface area contributed by atoms with Crippen LogP contribution in [0.3, 0.4) is 0 Å². The average molecular weight is 285 g/mol. The highest BCUT2D eigenvalue weighted by molar-refractivity contribution is 5.38. The molecule has 0 fully saturated rings. The molecule has 0 atom stereocenters. The van der Waals surface area contributed by atoms with Crippen LogP contribution in [0, 0.1) is 19.8 Å². The van der Waals surface area contributed by atoms with Crippen molar-refractivity contribution < 1.29 is 4.74 Å². The van der Waals surface area contributed by atoms with Crippen molar-refractivity contribution >= 4 is 0 Å². The molecular formula is C17H23N3O. The number of aryl methyl sites for hydroxylation is 2. The minimum Gasteiger partial charge on any atom is -0.437 e. The van der Waals surface area contributed by atoms with Gasteiger partial charge >= 0.3 is 0 Å². The van der Waals surface area contributed by atoms with Crippen LogP contribution in [-0.4, -0.2) is 16.7 Å². The molecule has 1 heterocycles. The zero-order chi connectivity index (χ0) is 15.2. The van der Waals surface area contributed by atoms with Crippen molar-refractivity contribution in [3.8, 4) is 11.6 Å². The fourth-order valence-electron chi connectivity index (χ4n) is 1.92. The van der Waals surface area contributed by atoms with E-state index in [1.54, 1.807) is 0 Å². The van der Waals surface area contributed by atoms with E-state index in [4.69, 9.17) is 4.74 Å². The summed E-state index contributed by atoms with van der Waals surface area (Å²) in [6.45, 7) is 10.1. The molecule has 0 radical (unpaired) electrons. The van der Waals surface area contributed by atoms with Crippen LogP contribution in [0.15, 0.2) is 30.3 Å². The second-order valence-electron chi connectivity index (χ2n) is 5.76. The Hall–Kier alpha value is -1.94. The lowest BCUT2D eigenvalue weighted by Crippen LogP contribution is -2.19. The highest BCUT2D eigenvalue weighted by Gasteiger charge is 2.04. The molecule has 0 unspecified atom stereocenters. The van der Waals surface area contributed by atoms with E-state index in [9.17, 15) is 0 Å². The topological polar surface area (TPSA) is 47.0 Å². The minimum atomic E-state index is 0.524. The molecule has 112 valence electrons. The molecule has 4 heteroatoms. The summed E-state index contributed by atoms with van der Waals surface area (Å²) in [6.07, 6.45) is 0. The molecule has 21 heavy (non-hydrogen) atoms. The molecule has 0 saturated carbocycles. The predicted molar refractivity (Wildman–Crippen MR) is 84.6 cm³/mol. The standard InChI is InChI=1S/C17H23N3O/c1-12(2)10-18-11-15-7-8-17(20-19-15)21-16-9-13(3)5-6-14(16)4/h5-9,12,18H,10-11H2,1-4H3. The van der Waals surface area contributed by atoms with E-state index >= 15 is 0 Å². The van der Waals surface area contributed by atoms with Gasteiger partial charge < -0.3 is 10.1 Å². The lowest BCUT2D eigenvalue weighted by Gasteiger charge is -2.09. The molecule has 0 amide bonds.